The van der Waals surface area contributed by atoms with Crippen molar-refractivity contribution in [2.24, 2.45) is 0 Å². The molecule has 1 fully saturated rings. The summed E-state index contributed by atoms with van der Waals surface area (Å²) in [6, 6.07) is 20.8. The third kappa shape index (κ3) is 5.63. The van der Waals surface area contributed by atoms with Crippen LogP contribution in [0.2, 0.25) is 0 Å². The number of amides is 2. The molecule has 3 nitrogen and oxygen atoms in total. The molecule has 1 aliphatic carbocycles. The van der Waals surface area contributed by atoms with Crippen molar-refractivity contribution in [3.8, 4) is 0 Å². The fourth-order valence-corrected chi connectivity index (χ4v) is 3.50. The molecule has 2 amide bonds. The highest BCUT2D eigenvalue weighted by molar-refractivity contribution is 5.74. The van der Waals surface area contributed by atoms with Crippen LogP contribution in [0.4, 0.5) is 4.79 Å². The van der Waals surface area contributed by atoms with Gasteiger partial charge in [-0.1, -0.05) is 86.3 Å². The predicted octanol–water partition coefficient (Wildman–Crippen LogP) is 5.12. The van der Waals surface area contributed by atoms with Gasteiger partial charge in [-0.3, -0.25) is 0 Å². The molecule has 2 aromatic rings. The number of hydrogen-bond acceptors (Lipinski definition) is 1. The summed E-state index contributed by atoms with van der Waals surface area (Å²) in [7, 11) is 0. The molecule has 0 spiro atoms. The SMILES string of the molecule is O=C(NC1CCCCCC1)N(Cc1ccccc1)Cc1ccccc1. The quantitative estimate of drug-likeness (QED) is 0.755. The van der Waals surface area contributed by atoms with Gasteiger partial charge < -0.3 is 10.2 Å². The first-order chi connectivity index (χ1) is 12.3. The van der Waals surface area contributed by atoms with Gasteiger partial charge >= 0.3 is 6.03 Å². The fraction of sp³-hybridized carbons (Fsp3) is 0.409. The van der Waals surface area contributed by atoms with Gasteiger partial charge in [-0.15, -0.1) is 0 Å². The second kappa shape index (κ2) is 9.26. The Balaban J connectivity index is 1.68. The van der Waals surface area contributed by atoms with E-state index in [0.717, 1.165) is 24.0 Å². The molecule has 0 unspecified atom stereocenters. The molecule has 1 aliphatic rings. The molecule has 0 aromatic heterocycles. The standard InChI is InChI=1S/C22H28N2O/c25-22(23-21-15-9-1-2-10-16-21)24(17-19-11-5-3-6-12-19)18-20-13-7-4-8-14-20/h3-8,11-14,21H,1-2,9-10,15-18H2,(H,23,25). The molecular weight excluding hydrogens is 308 g/mol. The molecule has 0 aliphatic heterocycles. The van der Waals surface area contributed by atoms with E-state index in [4.69, 9.17) is 0 Å². The third-order valence-electron chi connectivity index (χ3n) is 4.90. The van der Waals surface area contributed by atoms with E-state index >= 15 is 0 Å². The van der Waals surface area contributed by atoms with Crippen LogP contribution in [0, 0.1) is 0 Å². The number of nitrogens with one attached hydrogen (secondary N) is 1. The minimum Gasteiger partial charge on any atom is -0.335 e. The molecule has 3 heteroatoms. The largest absolute Gasteiger partial charge is 0.335 e. The Bertz CT molecular complexity index is 592. The minimum absolute atomic E-state index is 0.0552. The lowest BCUT2D eigenvalue weighted by Crippen LogP contribution is -2.44. The maximum absolute atomic E-state index is 12.9. The molecule has 1 saturated carbocycles. The van der Waals surface area contributed by atoms with Gasteiger partial charge in [0.15, 0.2) is 0 Å². The van der Waals surface area contributed by atoms with Crippen LogP contribution in [0.15, 0.2) is 60.7 Å². The van der Waals surface area contributed by atoms with E-state index in [-0.39, 0.29) is 6.03 Å². The Morgan fingerprint density at radius 3 is 1.76 bits per heavy atom. The highest BCUT2D eigenvalue weighted by Gasteiger charge is 2.19. The summed E-state index contributed by atoms with van der Waals surface area (Å²) in [6.45, 7) is 1.27. The lowest BCUT2D eigenvalue weighted by molar-refractivity contribution is 0.187. The van der Waals surface area contributed by atoms with Crippen LogP contribution >= 0.6 is 0 Å². The van der Waals surface area contributed by atoms with Gasteiger partial charge in [-0.05, 0) is 24.0 Å². The van der Waals surface area contributed by atoms with E-state index in [0.29, 0.717) is 19.1 Å². The molecule has 25 heavy (non-hydrogen) atoms. The first-order valence-electron chi connectivity index (χ1n) is 9.44. The van der Waals surface area contributed by atoms with Crippen LogP contribution in [-0.4, -0.2) is 17.0 Å². The molecule has 0 radical (unpaired) electrons. The molecule has 132 valence electrons. The Hall–Kier alpha value is -2.29. The van der Waals surface area contributed by atoms with Crippen molar-refractivity contribution in [3.63, 3.8) is 0 Å². The topological polar surface area (TPSA) is 32.3 Å². The van der Waals surface area contributed by atoms with E-state index < -0.39 is 0 Å². The van der Waals surface area contributed by atoms with Crippen molar-refractivity contribution < 1.29 is 4.79 Å². The number of nitrogens with zero attached hydrogens (tertiary/aromatic N) is 1. The van der Waals surface area contributed by atoms with Crippen LogP contribution in [0.5, 0.6) is 0 Å². The number of carbonyl (C=O) groups excluding carboxylic acids is 1. The van der Waals surface area contributed by atoms with Crippen LogP contribution in [0.25, 0.3) is 0 Å². The summed E-state index contributed by atoms with van der Waals surface area (Å²) in [6.07, 6.45) is 7.26. The average Bonchev–Trinajstić information content (AvgIpc) is 2.91. The first kappa shape index (κ1) is 17.5. The summed E-state index contributed by atoms with van der Waals surface area (Å²) in [5, 5.41) is 3.29. The van der Waals surface area contributed by atoms with Crippen molar-refractivity contribution in [1.29, 1.82) is 0 Å². The smallest absolute Gasteiger partial charge is 0.318 e. The Kier molecular flexibility index (Phi) is 6.49. The molecule has 1 N–H and O–H groups in total. The summed E-state index contributed by atoms with van der Waals surface area (Å²) in [5.74, 6) is 0. The number of hydrogen-bond donors (Lipinski definition) is 1. The second-order valence-corrected chi connectivity index (χ2v) is 6.97. The monoisotopic (exact) mass is 336 g/mol. The fourth-order valence-electron chi connectivity index (χ4n) is 3.50. The van der Waals surface area contributed by atoms with E-state index in [1.54, 1.807) is 0 Å². The zero-order chi connectivity index (χ0) is 17.3. The number of carbonyl (C=O) groups is 1. The van der Waals surface area contributed by atoms with Crippen molar-refractivity contribution in [2.45, 2.75) is 57.7 Å². The van der Waals surface area contributed by atoms with Gasteiger partial charge in [0.25, 0.3) is 0 Å². The van der Waals surface area contributed by atoms with Crippen molar-refractivity contribution in [1.82, 2.24) is 10.2 Å². The molecule has 0 heterocycles. The van der Waals surface area contributed by atoms with Crippen molar-refractivity contribution >= 4 is 6.03 Å². The van der Waals surface area contributed by atoms with Crippen LogP contribution in [-0.2, 0) is 13.1 Å². The molecule has 0 saturated heterocycles. The van der Waals surface area contributed by atoms with Gasteiger partial charge in [-0.25, -0.2) is 4.79 Å². The predicted molar refractivity (Wildman–Crippen MR) is 102 cm³/mol. The van der Waals surface area contributed by atoms with E-state index in [2.05, 4.69) is 29.6 Å². The number of rotatable bonds is 5. The minimum atomic E-state index is 0.0552. The maximum atomic E-state index is 12.9. The Morgan fingerprint density at radius 1 is 0.800 bits per heavy atom. The van der Waals surface area contributed by atoms with Gasteiger partial charge in [0, 0.05) is 19.1 Å². The van der Waals surface area contributed by atoms with Gasteiger partial charge in [0.1, 0.15) is 0 Å². The average molecular weight is 336 g/mol. The molecule has 2 aromatic carbocycles. The Morgan fingerprint density at radius 2 is 1.28 bits per heavy atom. The van der Waals surface area contributed by atoms with Crippen LogP contribution in [0.3, 0.4) is 0 Å². The van der Waals surface area contributed by atoms with E-state index in [9.17, 15) is 4.79 Å². The number of urea groups is 1. The first-order valence-corrected chi connectivity index (χ1v) is 9.44. The third-order valence-corrected chi connectivity index (χ3v) is 4.90. The van der Waals surface area contributed by atoms with Gasteiger partial charge in [0.05, 0.1) is 0 Å². The summed E-state index contributed by atoms with van der Waals surface area (Å²) in [4.78, 5) is 14.9. The molecular formula is C22H28N2O. The van der Waals surface area contributed by atoms with Crippen LogP contribution in [0.1, 0.15) is 49.7 Å². The lowest BCUT2D eigenvalue weighted by Gasteiger charge is -2.26. The molecule has 0 bridgehead atoms. The maximum Gasteiger partial charge on any atom is 0.318 e. The molecule has 0 atom stereocenters. The van der Waals surface area contributed by atoms with E-state index in [1.165, 1.54) is 25.7 Å². The zero-order valence-corrected chi connectivity index (χ0v) is 14.9. The van der Waals surface area contributed by atoms with E-state index in [1.807, 2.05) is 41.3 Å². The summed E-state index contributed by atoms with van der Waals surface area (Å²) in [5.41, 5.74) is 2.32. The van der Waals surface area contributed by atoms with Gasteiger partial charge in [0.2, 0.25) is 0 Å². The van der Waals surface area contributed by atoms with Crippen molar-refractivity contribution in [3.05, 3.63) is 71.8 Å². The summed E-state index contributed by atoms with van der Waals surface area (Å²) >= 11 is 0. The second-order valence-electron chi connectivity index (χ2n) is 6.97. The van der Waals surface area contributed by atoms with Gasteiger partial charge in [-0.2, -0.15) is 0 Å². The summed E-state index contributed by atoms with van der Waals surface area (Å²) < 4.78 is 0. The number of benzene rings is 2. The molecule has 3 rings (SSSR count). The van der Waals surface area contributed by atoms with Crippen molar-refractivity contribution in [2.75, 3.05) is 0 Å². The normalized spacial score (nSPS) is 15.4. The lowest BCUT2D eigenvalue weighted by atomic mass is 10.1. The van der Waals surface area contributed by atoms with Crippen LogP contribution < -0.4 is 5.32 Å². The highest BCUT2D eigenvalue weighted by atomic mass is 16.2. The highest BCUT2D eigenvalue weighted by Crippen LogP contribution is 2.18. The zero-order valence-electron chi connectivity index (χ0n) is 14.9. The Labute approximate surface area is 151 Å².